The van der Waals surface area contributed by atoms with Gasteiger partial charge in [0.2, 0.25) is 0 Å². The van der Waals surface area contributed by atoms with Crippen molar-refractivity contribution in [3.8, 4) is 0 Å². The van der Waals surface area contributed by atoms with Crippen molar-refractivity contribution in [3.63, 3.8) is 0 Å². The lowest BCUT2D eigenvalue weighted by Crippen LogP contribution is -1.75. The Hall–Kier alpha value is 0. The molecule has 0 aliphatic heterocycles. The molecule has 0 heterocycles. The van der Waals surface area contributed by atoms with E-state index in [9.17, 15) is 0 Å². The monoisotopic (exact) mass is 97.1 g/mol. The Morgan fingerprint density at radius 1 is 1.71 bits per heavy atom. The summed E-state index contributed by atoms with van der Waals surface area (Å²) in [6, 6.07) is 0. The van der Waals surface area contributed by atoms with Crippen molar-refractivity contribution in [2.75, 3.05) is 0 Å². The molecule has 41 valence electrons. The molecule has 1 aliphatic carbocycles. The Kier molecular flexibility index (Phi) is 1.36. The highest BCUT2D eigenvalue weighted by atomic mass is 14.4. The lowest BCUT2D eigenvalue weighted by molar-refractivity contribution is 0.810. The zero-order chi connectivity index (χ0) is 5.28. The maximum Gasteiger partial charge on any atom is -0.0355 e. The van der Waals surface area contributed by atoms with Gasteiger partial charge in [-0.2, -0.15) is 0 Å². The Bertz CT molecular complexity index is 57.1. The fraction of sp³-hybridized carbons (Fsp3) is 0.857. The summed E-state index contributed by atoms with van der Waals surface area (Å²) in [5.41, 5.74) is 0. The zero-order valence-electron chi connectivity index (χ0n) is 5.15. The van der Waals surface area contributed by atoms with E-state index < -0.39 is 0 Å². The molecular weight excluding hydrogens is 84.1 g/mol. The molecular formula is C7H13. The van der Waals surface area contributed by atoms with Gasteiger partial charge in [-0.25, -0.2) is 0 Å². The van der Waals surface area contributed by atoms with E-state index in [0.29, 0.717) is 0 Å². The van der Waals surface area contributed by atoms with Crippen LogP contribution in [0.15, 0.2) is 0 Å². The SMILES string of the molecule is CC[CH]C1CC1C. The van der Waals surface area contributed by atoms with Gasteiger partial charge in [0.05, 0.1) is 0 Å². The van der Waals surface area contributed by atoms with Crippen molar-refractivity contribution in [3.05, 3.63) is 6.42 Å². The van der Waals surface area contributed by atoms with E-state index in [0.717, 1.165) is 11.8 Å². The summed E-state index contributed by atoms with van der Waals surface area (Å²) in [5.74, 6) is 2.00. The lowest BCUT2D eigenvalue weighted by Gasteiger charge is -1.85. The fourth-order valence-electron chi connectivity index (χ4n) is 0.982. The smallest absolute Gasteiger partial charge is 0.0355 e. The average Bonchev–Trinajstić information content (AvgIpc) is 2.22. The second kappa shape index (κ2) is 1.85. The van der Waals surface area contributed by atoms with Crippen LogP contribution in [0, 0.1) is 18.3 Å². The van der Waals surface area contributed by atoms with Crippen molar-refractivity contribution >= 4 is 0 Å². The van der Waals surface area contributed by atoms with Gasteiger partial charge in [-0.05, 0) is 24.7 Å². The molecule has 0 bridgehead atoms. The molecule has 0 aromatic carbocycles. The van der Waals surface area contributed by atoms with Gasteiger partial charge in [0, 0.05) is 0 Å². The predicted molar refractivity (Wildman–Crippen MR) is 31.9 cm³/mol. The summed E-state index contributed by atoms with van der Waals surface area (Å²) in [4.78, 5) is 0. The largest absolute Gasteiger partial charge is 0.0651 e. The van der Waals surface area contributed by atoms with Crippen LogP contribution in [-0.2, 0) is 0 Å². The van der Waals surface area contributed by atoms with E-state index in [1.807, 2.05) is 0 Å². The number of hydrogen-bond donors (Lipinski definition) is 0. The highest BCUT2D eigenvalue weighted by Crippen LogP contribution is 2.40. The van der Waals surface area contributed by atoms with Crippen LogP contribution < -0.4 is 0 Å². The van der Waals surface area contributed by atoms with Crippen molar-refractivity contribution in [2.24, 2.45) is 11.8 Å². The quantitative estimate of drug-likeness (QED) is 0.495. The lowest BCUT2D eigenvalue weighted by atomic mass is 10.2. The van der Waals surface area contributed by atoms with E-state index >= 15 is 0 Å². The van der Waals surface area contributed by atoms with E-state index in [4.69, 9.17) is 0 Å². The minimum atomic E-state index is 0.991. The molecule has 2 unspecified atom stereocenters. The second-order valence-electron chi connectivity index (χ2n) is 2.52. The summed E-state index contributed by atoms with van der Waals surface area (Å²) in [6.45, 7) is 4.53. The van der Waals surface area contributed by atoms with Crippen LogP contribution >= 0.6 is 0 Å². The first-order valence-corrected chi connectivity index (χ1v) is 3.18. The highest BCUT2D eigenvalue weighted by molar-refractivity contribution is 4.92. The summed E-state index contributed by atoms with van der Waals surface area (Å²) in [6.07, 6.45) is 5.13. The Balaban J connectivity index is 1.98. The van der Waals surface area contributed by atoms with E-state index in [1.165, 1.54) is 12.8 Å². The normalized spacial score (nSPS) is 38.6. The van der Waals surface area contributed by atoms with Crippen molar-refractivity contribution in [1.82, 2.24) is 0 Å². The van der Waals surface area contributed by atoms with Crippen LogP contribution in [0.5, 0.6) is 0 Å². The molecule has 0 saturated heterocycles. The van der Waals surface area contributed by atoms with Gasteiger partial charge in [-0.1, -0.05) is 20.3 Å². The van der Waals surface area contributed by atoms with E-state index in [1.54, 1.807) is 0 Å². The molecule has 1 radical (unpaired) electrons. The molecule has 1 aliphatic rings. The molecule has 1 saturated carbocycles. The Morgan fingerprint density at radius 3 is 2.43 bits per heavy atom. The van der Waals surface area contributed by atoms with Crippen molar-refractivity contribution in [1.29, 1.82) is 0 Å². The Labute approximate surface area is 45.9 Å². The van der Waals surface area contributed by atoms with E-state index in [2.05, 4.69) is 20.3 Å². The van der Waals surface area contributed by atoms with Crippen LogP contribution in [0.3, 0.4) is 0 Å². The summed E-state index contributed by atoms with van der Waals surface area (Å²) in [7, 11) is 0. The molecule has 1 fully saturated rings. The molecule has 0 N–H and O–H groups in total. The van der Waals surface area contributed by atoms with Crippen LogP contribution in [-0.4, -0.2) is 0 Å². The van der Waals surface area contributed by atoms with Gasteiger partial charge >= 0.3 is 0 Å². The maximum atomic E-state index is 2.42. The number of rotatable bonds is 2. The molecule has 2 atom stereocenters. The molecule has 7 heavy (non-hydrogen) atoms. The zero-order valence-corrected chi connectivity index (χ0v) is 5.15. The Morgan fingerprint density at radius 2 is 2.29 bits per heavy atom. The first-order chi connectivity index (χ1) is 3.34. The van der Waals surface area contributed by atoms with Crippen LogP contribution in [0.2, 0.25) is 0 Å². The van der Waals surface area contributed by atoms with E-state index in [-0.39, 0.29) is 0 Å². The minimum Gasteiger partial charge on any atom is -0.0651 e. The minimum absolute atomic E-state index is 0.991. The van der Waals surface area contributed by atoms with Gasteiger partial charge in [0.1, 0.15) is 0 Å². The molecule has 0 aromatic rings. The number of hydrogen-bond acceptors (Lipinski definition) is 0. The highest BCUT2D eigenvalue weighted by Gasteiger charge is 2.30. The van der Waals surface area contributed by atoms with Gasteiger partial charge < -0.3 is 0 Å². The van der Waals surface area contributed by atoms with Crippen molar-refractivity contribution < 1.29 is 0 Å². The van der Waals surface area contributed by atoms with Crippen LogP contribution in [0.1, 0.15) is 26.7 Å². The first kappa shape index (κ1) is 5.14. The van der Waals surface area contributed by atoms with Gasteiger partial charge in [-0.15, -0.1) is 0 Å². The predicted octanol–water partition coefficient (Wildman–Crippen LogP) is 2.26. The first-order valence-electron chi connectivity index (χ1n) is 3.18. The second-order valence-corrected chi connectivity index (χ2v) is 2.52. The topological polar surface area (TPSA) is 0 Å². The summed E-state index contributed by atoms with van der Waals surface area (Å²) in [5, 5.41) is 0. The molecule has 0 nitrogen and oxygen atoms in total. The third kappa shape index (κ3) is 1.19. The third-order valence-electron chi connectivity index (χ3n) is 1.71. The maximum absolute atomic E-state index is 2.42. The van der Waals surface area contributed by atoms with Crippen LogP contribution in [0.25, 0.3) is 0 Å². The molecule has 0 aromatic heterocycles. The summed E-state index contributed by atoms with van der Waals surface area (Å²) >= 11 is 0. The van der Waals surface area contributed by atoms with Crippen molar-refractivity contribution in [2.45, 2.75) is 26.7 Å². The molecule has 0 spiro atoms. The van der Waals surface area contributed by atoms with Gasteiger partial charge in [-0.3, -0.25) is 0 Å². The standard InChI is InChI=1S/C7H13/c1-3-4-7-5-6(7)2/h4,6-7H,3,5H2,1-2H3. The molecule has 1 rings (SSSR count). The van der Waals surface area contributed by atoms with Gasteiger partial charge in [0.15, 0.2) is 0 Å². The fourth-order valence-corrected chi connectivity index (χ4v) is 0.982. The summed E-state index contributed by atoms with van der Waals surface area (Å²) < 4.78 is 0. The average molecular weight is 97.2 g/mol. The molecule has 0 amide bonds. The molecule has 0 heteroatoms. The van der Waals surface area contributed by atoms with Crippen LogP contribution in [0.4, 0.5) is 0 Å². The third-order valence-corrected chi connectivity index (χ3v) is 1.71. The van der Waals surface area contributed by atoms with Gasteiger partial charge in [0.25, 0.3) is 0 Å².